The first-order valence-corrected chi connectivity index (χ1v) is 6.59. The van der Waals surface area contributed by atoms with Crippen molar-refractivity contribution in [1.29, 1.82) is 0 Å². The zero-order valence-corrected chi connectivity index (χ0v) is 11.8. The molecule has 1 unspecified atom stereocenters. The Hall–Kier alpha value is -0.730. The van der Waals surface area contributed by atoms with Crippen molar-refractivity contribution in [3.05, 3.63) is 28.8 Å². The fourth-order valence-electron chi connectivity index (χ4n) is 1.37. The number of hydrogen-bond acceptors (Lipinski definition) is 2. The Bertz CT molecular complexity index is 352. The molecule has 0 radical (unpaired) electrons. The van der Waals surface area contributed by atoms with Crippen LogP contribution in [0.4, 0.5) is 0 Å². The van der Waals surface area contributed by atoms with Gasteiger partial charge in [0.15, 0.2) is 0 Å². The lowest BCUT2D eigenvalue weighted by Crippen LogP contribution is -2.21. The summed E-state index contributed by atoms with van der Waals surface area (Å²) in [7, 11) is 0. The van der Waals surface area contributed by atoms with E-state index in [9.17, 15) is 0 Å². The van der Waals surface area contributed by atoms with E-state index in [1.165, 1.54) is 5.56 Å². The maximum atomic E-state index is 6.19. The van der Waals surface area contributed by atoms with Gasteiger partial charge in [-0.2, -0.15) is 0 Å². The van der Waals surface area contributed by atoms with Crippen molar-refractivity contribution in [2.75, 3.05) is 0 Å². The quantitative estimate of drug-likeness (QED) is 0.829. The minimum Gasteiger partial charge on any atom is -0.489 e. The van der Waals surface area contributed by atoms with Gasteiger partial charge in [0.2, 0.25) is 0 Å². The van der Waals surface area contributed by atoms with Gasteiger partial charge in [0.25, 0.3) is 0 Å². The second kappa shape index (κ2) is 6.87. The van der Waals surface area contributed by atoms with Gasteiger partial charge >= 0.3 is 0 Å². The van der Waals surface area contributed by atoms with Gasteiger partial charge in [-0.3, -0.25) is 0 Å². The summed E-state index contributed by atoms with van der Waals surface area (Å²) in [4.78, 5) is 0. The molecule has 0 fully saturated rings. The van der Waals surface area contributed by atoms with Crippen LogP contribution in [0.15, 0.2) is 18.2 Å². The number of halogens is 1. The van der Waals surface area contributed by atoms with Gasteiger partial charge in [-0.05, 0) is 31.0 Å². The fraction of sp³-hybridized carbons (Fsp3) is 0.571. The summed E-state index contributed by atoms with van der Waals surface area (Å²) < 4.78 is 5.72. The minimum absolute atomic E-state index is 0.201. The van der Waals surface area contributed by atoms with E-state index >= 15 is 0 Å². The lowest BCUT2D eigenvalue weighted by Gasteiger charge is -2.15. The van der Waals surface area contributed by atoms with Crippen LogP contribution in [0.3, 0.4) is 0 Å². The molecule has 1 rings (SSSR count). The lowest BCUT2D eigenvalue weighted by molar-refractivity contribution is 0.217. The average molecular weight is 256 g/mol. The molecule has 0 amide bonds. The fourth-order valence-corrected chi connectivity index (χ4v) is 1.62. The summed E-state index contributed by atoms with van der Waals surface area (Å²) in [5.74, 6) is 0.773. The molecule has 3 heteroatoms. The van der Waals surface area contributed by atoms with Crippen LogP contribution >= 0.6 is 11.6 Å². The van der Waals surface area contributed by atoms with E-state index in [1.807, 2.05) is 19.1 Å². The monoisotopic (exact) mass is 255 g/mol. The Labute approximate surface area is 109 Å². The van der Waals surface area contributed by atoms with Crippen molar-refractivity contribution in [3.63, 3.8) is 0 Å². The Morgan fingerprint density at radius 3 is 2.53 bits per heavy atom. The molecular weight excluding hydrogens is 234 g/mol. The second-order valence-corrected chi connectivity index (χ2v) is 5.04. The SMILES string of the molecule is CCC(C)Oc1ccc(CNC(C)C)cc1Cl. The molecule has 96 valence electrons. The molecule has 0 aliphatic carbocycles. The Morgan fingerprint density at radius 2 is 2.00 bits per heavy atom. The Kier molecular flexibility index (Phi) is 5.79. The van der Waals surface area contributed by atoms with Crippen LogP contribution in [0.1, 0.15) is 39.7 Å². The first-order valence-electron chi connectivity index (χ1n) is 6.21. The first kappa shape index (κ1) is 14.3. The van der Waals surface area contributed by atoms with E-state index in [1.54, 1.807) is 0 Å². The summed E-state index contributed by atoms with van der Waals surface area (Å²) in [6.45, 7) is 9.23. The van der Waals surface area contributed by atoms with Gasteiger partial charge in [0.1, 0.15) is 5.75 Å². The number of benzene rings is 1. The number of nitrogens with one attached hydrogen (secondary N) is 1. The van der Waals surface area contributed by atoms with Crippen molar-refractivity contribution in [1.82, 2.24) is 5.32 Å². The topological polar surface area (TPSA) is 21.3 Å². The molecule has 1 atom stereocenters. The third-order valence-corrected chi connectivity index (χ3v) is 2.91. The van der Waals surface area contributed by atoms with Crippen molar-refractivity contribution >= 4 is 11.6 Å². The molecule has 0 aliphatic rings. The maximum absolute atomic E-state index is 6.19. The van der Waals surface area contributed by atoms with Gasteiger partial charge in [-0.25, -0.2) is 0 Å². The summed E-state index contributed by atoms with van der Waals surface area (Å²) in [5.41, 5.74) is 1.18. The Balaban J connectivity index is 2.65. The van der Waals surface area contributed by atoms with Gasteiger partial charge in [-0.15, -0.1) is 0 Å². The molecule has 0 spiro atoms. The van der Waals surface area contributed by atoms with E-state index in [0.717, 1.165) is 18.7 Å². The van der Waals surface area contributed by atoms with E-state index in [2.05, 4.69) is 32.2 Å². The summed E-state index contributed by atoms with van der Waals surface area (Å²) >= 11 is 6.19. The first-order chi connectivity index (χ1) is 8.02. The van der Waals surface area contributed by atoms with Crippen LogP contribution in [0.5, 0.6) is 5.75 Å². The van der Waals surface area contributed by atoms with Crippen LogP contribution < -0.4 is 10.1 Å². The maximum Gasteiger partial charge on any atom is 0.138 e. The highest BCUT2D eigenvalue weighted by atomic mass is 35.5. The number of ether oxygens (including phenoxy) is 1. The molecule has 1 N–H and O–H groups in total. The molecule has 17 heavy (non-hydrogen) atoms. The average Bonchev–Trinajstić information content (AvgIpc) is 2.29. The molecule has 0 bridgehead atoms. The second-order valence-electron chi connectivity index (χ2n) is 4.64. The molecule has 0 saturated heterocycles. The minimum atomic E-state index is 0.201. The van der Waals surface area contributed by atoms with Gasteiger partial charge in [0, 0.05) is 12.6 Å². The highest BCUT2D eigenvalue weighted by Gasteiger charge is 2.06. The summed E-state index contributed by atoms with van der Waals surface area (Å²) in [6.07, 6.45) is 1.18. The van der Waals surface area contributed by atoms with Crippen molar-refractivity contribution < 1.29 is 4.74 Å². The smallest absolute Gasteiger partial charge is 0.138 e. The standard InChI is InChI=1S/C14H22ClNO/c1-5-11(4)17-14-7-6-12(8-13(14)15)9-16-10(2)3/h6-8,10-11,16H,5,9H2,1-4H3. The third-order valence-electron chi connectivity index (χ3n) is 2.61. The van der Waals surface area contributed by atoms with Gasteiger partial charge < -0.3 is 10.1 Å². The van der Waals surface area contributed by atoms with Gasteiger partial charge in [-0.1, -0.05) is 38.4 Å². The Morgan fingerprint density at radius 1 is 1.29 bits per heavy atom. The van der Waals surface area contributed by atoms with Crippen molar-refractivity contribution in [2.24, 2.45) is 0 Å². The molecule has 0 aromatic heterocycles. The molecule has 0 heterocycles. The molecule has 2 nitrogen and oxygen atoms in total. The van der Waals surface area contributed by atoms with Crippen LogP contribution in [0.2, 0.25) is 5.02 Å². The number of hydrogen-bond donors (Lipinski definition) is 1. The van der Waals surface area contributed by atoms with Crippen LogP contribution in [-0.2, 0) is 6.54 Å². The van der Waals surface area contributed by atoms with E-state index in [-0.39, 0.29) is 6.10 Å². The molecule has 1 aromatic carbocycles. The van der Waals surface area contributed by atoms with E-state index in [4.69, 9.17) is 16.3 Å². The molecule has 0 aliphatic heterocycles. The summed E-state index contributed by atoms with van der Waals surface area (Å²) in [6, 6.07) is 6.45. The zero-order chi connectivity index (χ0) is 12.8. The zero-order valence-electron chi connectivity index (χ0n) is 11.1. The van der Waals surface area contributed by atoms with Crippen molar-refractivity contribution in [2.45, 2.75) is 52.8 Å². The lowest BCUT2D eigenvalue weighted by atomic mass is 10.2. The molecule has 0 saturated carbocycles. The van der Waals surface area contributed by atoms with E-state index in [0.29, 0.717) is 11.1 Å². The predicted octanol–water partition coefficient (Wildman–Crippen LogP) is 4.02. The van der Waals surface area contributed by atoms with Crippen LogP contribution in [-0.4, -0.2) is 12.1 Å². The van der Waals surface area contributed by atoms with Crippen LogP contribution in [0.25, 0.3) is 0 Å². The van der Waals surface area contributed by atoms with Gasteiger partial charge in [0.05, 0.1) is 11.1 Å². The largest absolute Gasteiger partial charge is 0.489 e. The predicted molar refractivity (Wildman–Crippen MR) is 73.8 cm³/mol. The van der Waals surface area contributed by atoms with E-state index < -0.39 is 0 Å². The molecule has 1 aromatic rings. The highest BCUT2D eigenvalue weighted by Crippen LogP contribution is 2.26. The summed E-state index contributed by atoms with van der Waals surface area (Å²) in [5, 5.41) is 4.05. The normalized spacial score (nSPS) is 12.8. The number of rotatable bonds is 6. The van der Waals surface area contributed by atoms with Crippen molar-refractivity contribution in [3.8, 4) is 5.75 Å². The third kappa shape index (κ3) is 4.97. The highest BCUT2D eigenvalue weighted by molar-refractivity contribution is 6.32. The molecular formula is C14H22ClNO. The van der Waals surface area contributed by atoms with Crippen LogP contribution in [0, 0.1) is 0 Å².